The number of benzene rings is 1. The third-order valence-corrected chi connectivity index (χ3v) is 3.65. The number of nitrogens with one attached hydrogen (secondary N) is 1. The first-order valence-electron chi connectivity index (χ1n) is 6.68. The van der Waals surface area contributed by atoms with Crippen molar-refractivity contribution in [3.05, 3.63) is 40.9 Å². The molecule has 0 saturated heterocycles. The number of aromatic nitrogens is 1. The van der Waals surface area contributed by atoms with Crippen molar-refractivity contribution in [1.82, 2.24) is 4.98 Å². The van der Waals surface area contributed by atoms with Gasteiger partial charge in [-0.2, -0.15) is 0 Å². The van der Waals surface area contributed by atoms with Crippen LogP contribution in [0.25, 0.3) is 0 Å². The molecule has 0 bridgehead atoms. The topological polar surface area (TPSA) is 60.5 Å². The van der Waals surface area contributed by atoms with E-state index in [0.717, 1.165) is 22.1 Å². The van der Waals surface area contributed by atoms with E-state index in [9.17, 15) is 4.79 Å². The lowest BCUT2D eigenvalue weighted by molar-refractivity contribution is -0.142. The minimum atomic E-state index is -0.251. The Morgan fingerprint density at radius 3 is 2.95 bits per heavy atom. The quantitative estimate of drug-likeness (QED) is 0.797. The number of esters is 1. The van der Waals surface area contributed by atoms with Gasteiger partial charge in [0.25, 0.3) is 0 Å². The molecule has 0 saturated carbocycles. The van der Waals surface area contributed by atoms with Crippen LogP contribution in [0.4, 0.5) is 5.13 Å². The molecular weight excluding hydrogens is 288 g/mol. The zero-order valence-corrected chi connectivity index (χ0v) is 12.9. The molecule has 0 aliphatic heterocycles. The Kier molecular flexibility index (Phi) is 5.57. The predicted octanol–water partition coefficient (Wildman–Crippen LogP) is 2.87. The van der Waals surface area contributed by atoms with Crippen molar-refractivity contribution in [2.75, 3.05) is 19.0 Å². The minimum Gasteiger partial charge on any atom is -0.496 e. The fourth-order valence-electron chi connectivity index (χ4n) is 1.85. The second kappa shape index (κ2) is 7.64. The van der Waals surface area contributed by atoms with Gasteiger partial charge >= 0.3 is 5.97 Å². The number of thiazole rings is 1. The Morgan fingerprint density at radius 2 is 2.19 bits per heavy atom. The molecule has 2 aromatic rings. The molecule has 21 heavy (non-hydrogen) atoms. The summed E-state index contributed by atoms with van der Waals surface area (Å²) in [6.45, 7) is 2.80. The van der Waals surface area contributed by atoms with Crippen molar-refractivity contribution < 1.29 is 14.3 Å². The van der Waals surface area contributed by atoms with Crippen molar-refractivity contribution in [3.63, 3.8) is 0 Å². The van der Waals surface area contributed by atoms with E-state index in [2.05, 4.69) is 10.3 Å². The van der Waals surface area contributed by atoms with Gasteiger partial charge in [-0.25, -0.2) is 4.98 Å². The number of hydrogen-bond acceptors (Lipinski definition) is 6. The highest BCUT2D eigenvalue weighted by molar-refractivity contribution is 7.13. The molecule has 6 heteroatoms. The fraction of sp³-hybridized carbons (Fsp3) is 0.333. The second-order valence-electron chi connectivity index (χ2n) is 4.29. The molecule has 1 aromatic carbocycles. The van der Waals surface area contributed by atoms with Gasteiger partial charge in [0.1, 0.15) is 5.75 Å². The van der Waals surface area contributed by atoms with E-state index in [1.165, 1.54) is 11.3 Å². The van der Waals surface area contributed by atoms with Crippen LogP contribution < -0.4 is 10.1 Å². The smallest absolute Gasteiger partial charge is 0.311 e. The van der Waals surface area contributed by atoms with E-state index in [-0.39, 0.29) is 12.4 Å². The van der Waals surface area contributed by atoms with Gasteiger partial charge in [-0.3, -0.25) is 4.79 Å². The number of methoxy groups -OCH3 is 1. The third kappa shape index (κ3) is 4.46. The summed E-state index contributed by atoms with van der Waals surface area (Å²) in [6, 6.07) is 7.82. The number of anilines is 1. The second-order valence-corrected chi connectivity index (χ2v) is 5.15. The van der Waals surface area contributed by atoms with Crippen LogP contribution in [0.2, 0.25) is 0 Å². The molecule has 0 aliphatic rings. The normalized spacial score (nSPS) is 10.2. The highest BCUT2D eigenvalue weighted by Gasteiger charge is 2.09. The molecule has 1 aromatic heterocycles. The number of para-hydroxylation sites is 1. The van der Waals surface area contributed by atoms with Gasteiger partial charge in [0, 0.05) is 17.5 Å². The van der Waals surface area contributed by atoms with Gasteiger partial charge in [-0.15, -0.1) is 11.3 Å². The van der Waals surface area contributed by atoms with E-state index in [0.29, 0.717) is 13.2 Å². The summed E-state index contributed by atoms with van der Waals surface area (Å²) in [5.74, 6) is 0.590. The Balaban J connectivity index is 1.92. The molecule has 0 spiro atoms. The van der Waals surface area contributed by atoms with Crippen LogP contribution in [-0.2, 0) is 22.5 Å². The number of carbonyl (C=O) groups is 1. The van der Waals surface area contributed by atoms with Crippen LogP contribution in [0.1, 0.15) is 18.2 Å². The van der Waals surface area contributed by atoms with Crippen LogP contribution in [-0.4, -0.2) is 24.7 Å². The number of hydrogen-bond donors (Lipinski definition) is 1. The lowest BCUT2D eigenvalue weighted by atomic mass is 10.2. The van der Waals surface area contributed by atoms with Crippen LogP contribution in [0.15, 0.2) is 29.6 Å². The Bertz CT molecular complexity index is 598. The zero-order valence-electron chi connectivity index (χ0n) is 12.1. The van der Waals surface area contributed by atoms with Crippen LogP contribution >= 0.6 is 11.3 Å². The van der Waals surface area contributed by atoms with E-state index in [1.807, 2.05) is 29.6 Å². The largest absolute Gasteiger partial charge is 0.496 e. The maximum atomic E-state index is 11.4. The highest BCUT2D eigenvalue weighted by atomic mass is 32.1. The van der Waals surface area contributed by atoms with E-state index in [4.69, 9.17) is 9.47 Å². The van der Waals surface area contributed by atoms with Crippen molar-refractivity contribution in [3.8, 4) is 5.75 Å². The van der Waals surface area contributed by atoms with Gasteiger partial charge in [0.2, 0.25) is 0 Å². The molecule has 0 radical (unpaired) electrons. The maximum Gasteiger partial charge on any atom is 0.311 e. The number of ether oxygens (including phenoxy) is 2. The number of carbonyl (C=O) groups excluding carboxylic acids is 1. The van der Waals surface area contributed by atoms with E-state index in [1.54, 1.807) is 14.0 Å². The van der Waals surface area contributed by atoms with Crippen LogP contribution in [0.3, 0.4) is 0 Å². The standard InChI is InChI=1S/C15H18N2O3S/c1-3-20-14(18)8-12-10-21-15(17-12)16-9-11-6-4-5-7-13(11)19-2/h4-7,10H,3,8-9H2,1-2H3,(H,16,17). The first-order valence-corrected chi connectivity index (χ1v) is 7.56. The number of rotatable bonds is 7. The summed E-state index contributed by atoms with van der Waals surface area (Å²) in [7, 11) is 1.65. The van der Waals surface area contributed by atoms with Gasteiger partial charge in [0.05, 0.1) is 25.8 Å². The molecular formula is C15H18N2O3S. The average Bonchev–Trinajstić information content (AvgIpc) is 2.93. The Hall–Kier alpha value is -2.08. The Morgan fingerprint density at radius 1 is 1.38 bits per heavy atom. The SMILES string of the molecule is CCOC(=O)Cc1csc(NCc2ccccc2OC)n1. The third-order valence-electron chi connectivity index (χ3n) is 2.81. The fourth-order valence-corrected chi connectivity index (χ4v) is 2.56. The zero-order chi connectivity index (χ0) is 15.1. The molecule has 5 nitrogen and oxygen atoms in total. The molecule has 112 valence electrons. The first-order chi connectivity index (χ1) is 10.2. The summed E-state index contributed by atoms with van der Waals surface area (Å²) in [5.41, 5.74) is 1.78. The van der Waals surface area contributed by atoms with Crippen molar-refractivity contribution in [2.45, 2.75) is 19.9 Å². The lowest BCUT2D eigenvalue weighted by Gasteiger charge is -2.08. The molecule has 0 unspecified atom stereocenters. The van der Waals surface area contributed by atoms with E-state index >= 15 is 0 Å². The van der Waals surface area contributed by atoms with Crippen molar-refractivity contribution in [1.29, 1.82) is 0 Å². The minimum absolute atomic E-state index is 0.209. The monoisotopic (exact) mass is 306 g/mol. The Labute approximate surface area is 127 Å². The molecule has 2 rings (SSSR count). The van der Waals surface area contributed by atoms with Crippen molar-refractivity contribution >= 4 is 22.4 Å². The lowest BCUT2D eigenvalue weighted by Crippen LogP contribution is -2.08. The summed E-state index contributed by atoms with van der Waals surface area (Å²) in [4.78, 5) is 15.8. The summed E-state index contributed by atoms with van der Waals surface area (Å²) >= 11 is 1.47. The predicted molar refractivity (Wildman–Crippen MR) is 82.8 cm³/mol. The summed E-state index contributed by atoms with van der Waals surface area (Å²) in [5, 5.41) is 5.88. The number of nitrogens with zero attached hydrogens (tertiary/aromatic N) is 1. The molecule has 0 fully saturated rings. The molecule has 0 amide bonds. The van der Waals surface area contributed by atoms with Crippen LogP contribution in [0.5, 0.6) is 5.75 Å². The van der Waals surface area contributed by atoms with Gasteiger partial charge in [-0.1, -0.05) is 18.2 Å². The molecule has 0 atom stereocenters. The summed E-state index contributed by atoms with van der Waals surface area (Å²) in [6.07, 6.45) is 0.209. The maximum absolute atomic E-state index is 11.4. The van der Waals surface area contributed by atoms with Crippen molar-refractivity contribution in [2.24, 2.45) is 0 Å². The molecule has 1 N–H and O–H groups in total. The summed E-state index contributed by atoms with van der Waals surface area (Å²) < 4.78 is 10.2. The van der Waals surface area contributed by atoms with Gasteiger partial charge < -0.3 is 14.8 Å². The highest BCUT2D eigenvalue weighted by Crippen LogP contribution is 2.21. The molecule has 0 aliphatic carbocycles. The van der Waals surface area contributed by atoms with Gasteiger partial charge in [-0.05, 0) is 13.0 Å². The van der Waals surface area contributed by atoms with E-state index < -0.39 is 0 Å². The molecule has 1 heterocycles. The van der Waals surface area contributed by atoms with Gasteiger partial charge in [0.15, 0.2) is 5.13 Å². The first kappa shape index (κ1) is 15.3. The van der Waals surface area contributed by atoms with Crippen LogP contribution in [0, 0.1) is 0 Å². The average molecular weight is 306 g/mol.